The maximum atomic E-state index is 14.0. The van der Waals surface area contributed by atoms with Gasteiger partial charge >= 0.3 is 6.18 Å². The lowest BCUT2D eigenvalue weighted by molar-refractivity contribution is -0.183. The standard InChI is InChI=1S/C26H31F5N8O2/c1-14(2)39-20(5-8-34-39)23(41)36-21(15-3-6-25(27,28)7-4-15)19-13-38-24(35-19)33-12-18(37-38)10-16-9-17(26(29,30)31)11-32-22(16)40/h5,8,12-17,21H,3-4,6-7,9-11H2,1-2H3,(H,32,40)(H,36,41)/t16-,17+,21+/m1/s1. The van der Waals surface area contributed by atoms with Gasteiger partial charge in [0.05, 0.1) is 35.7 Å². The minimum absolute atomic E-state index is 0.0497. The maximum absolute atomic E-state index is 14.0. The van der Waals surface area contributed by atoms with Gasteiger partial charge in [-0.15, -0.1) is 0 Å². The fraction of sp³-hybridized carbons (Fsp3) is 0.615. The average molecular weight is 583 g/mol. The highest BCUT2D eigenvalue weighted by Gasteiger charge is 2.45. The van der Waals surface area contributed by atoms with Gasteiger partial charge in [0.15, 0.2) is 0 Å². The number of hydrogen-bond acceptors (Lipinski definition) is 6. The van der Waals surface area contributed by atoms with Crippen LogP contribution in [0.25, 0.3) is 5.78 Å². The number of amides is 2. The molecule has 10 nitrogen and oxygen atoms in total. The Kier molecular flexibility index (Phi) is 7.72. The summed E-state index contributed by atoms with van der Waals surface area (Å²) in [5.41, 5.74) is 0.980. The summed E-state index contributed by atoms with van der Waals surface area (Å²) >= 11 is 0. The molecule has 3 aromatic rings. The molecule has 222 valence electrons. The molecule has 0 unspecified atom stereocenters. The van der Waals surface area contributed by atoms with Crippen LogP contribution in [-0.4, -0.2) is 59.8 Å². The lowest BCUT2D eigenvalue weighted by atomic mass is 9.81. The van der Waals surface area contributed by atoms with Gasteiger partial charge in [-0.25, -0.2) is 23.3 Å². The van der Waals surface area contributed by atoms with Crippen molar-refractivity contribution in [3.05, 3.63) is 41.7 Å². The molecule has 15 heteroatoms. The number of carbonyl (C=O) groups excluding carboxylic acids is 2. The van der Waals surface area contributed by atoms with E-state index in [1.165, 1.54) is 23.1 Å². The number of rotatable bonds is 7. The minimum atomic E-state index is -4.42. The largest absolute Gasteiger partial charge is 0.393 e. The summed E-state index contributed by atoms with van der Waals surface area (Å²) in [5.74, 6) is -6.40. The van der Waals surface area contributed by atoms with Gasteiger partial charge in [-0.3, -0.25) is 14.3 Å². The molecule has 5 rings (SSSR count). The van der Waals surface area contributed by atoms with Crippen molar-refractivity contribution in [1.82, 2.24) is 40.0 Å². The van der Waals surface area contributed by atoms with Crippen LogP contribution in [0.2, 0.25) is 0 Å². The Morgan fingerprint density at radius 2 is 1.98 bits per heavy atom. The van der Waals surface area contributed by atoms with Gasteiger partial charge < -0.3 is 10.6 Å². The Labute approximate surface area is 232 Å². The molecule has 1 aliphatic heterocycles. The highest BCUT2D eigenvalue weighted by atomic mass is 19.4. The van der Waals surface area contributed by atoms with E-state index in [0.29, 0.717) is 17.1 Å². The zero-order chi connectivity index (χ0) is 29.5. The zero-order valence-electron chi connectivity index (χ0n) is 22.5. The zero-order valence-corrected chi connectivity index (χ0v) is 22.5. The van der Waals surface area contributed by atoms with Gasteiger partial charge in [0.25, 0.3) is 11.7 Å². The van der Waals surface area contributed by atoms with Gasteiger partial charge in [0.2, 0.25) is 11.8 Å². The Morgan fingerprint density at radius 1 is 1.24 bits per heavy atom. The quantitative estimate of drug-likeness (QED) is 0.406. The number of nitrogens with one attached hydrogen (secondary N) is 2. The lowest BCUT2D eigenvalue weighted by Gasteiger charge is -2.33. The summed E-state index contributed by atoms with van der Waals surface area (Å²) in [6, 6.07) is 0.764. The first-order valence-corrected chi connectivity index (χ1v) is 13.6. The Balaban J connectivity index is 1.40. The molecule has 0 bridgehead atoms. The van der Waals surface area contributed by atoms with E-state index in [1.54, 1.807) is 10.7 Å². The van der Waals surface area contributed by atoms with Crippen LogP contribution in [0.3, 0.4) is 0 Å². The molecule has 1 aliphatic carbocycles. The van der Waals surface area contributed by atoms with Gasteiger partial charge in [0, 0.05) is 44.0 Å². The van der Waals surface area contributed by atoms with E-state index in [-0.39, 0.29) is 56.3 Å². The van der Waals surface area contributed by atoms with Gasteiger partial charge in [-0.2, -0.15) is 23.4 Å². The predicted molar refractivity (Wildman–Crippen MR) is 135 cm³/mol. The molecule has 2 aliphatic rings. The molecule has 4 heterocycles. The maximum Gasteiger partial charge on any atom is 0.393 e. The van der Waals surface area contributed by atoms with Crippen LogP contribution in [-0.2, 0) is 11.2 Å². The number of alkyl halides is 5. The predicted octanol–water partition coefficient (Wildman–Crippen LogP) is 4.06. The van der Waals surface area contributed by atoms with Crippen LogP contribution < -0.4 is 10.6 Å². The molecule has 1 saturated heterocycles. The van der Waals surface area contributed by atoms with Crippen LogP contribution in [0.4, 0.5) is 22.0 Å². The van der Waals surface area contributed by atoms with E-state index >= 15 is 0 Å². The number of piperidine rings is 1. The van der Waals surface area contributed by atoms with Crippen LogP contribution >= 0.6 is 0 Å². The third-order valence-electron chi connectivity index (χ3n) is 7.87. The van der Waals surface area contributed by atoms with Crippen molar-refractivity contribution in [2.75, 3.05) is 6.54 Å². The van der Waals surface area contributed by atoms with E-state index in [4.69, 9.17) is 0 Å². The normalized spacial score (nSPS) is 22.6. The molecule has 3 atom stereocenters. The second-order valence-corrected chi connectivity index (χ2v) is 11.2. The molecule has 1 saturated carbocycles. The van der Waals surface area contributed by atoms with Gasteiger partial charge in [-0.05, 0) is 45.1 Å². The monoisotopic (exact) mass is 582 g/mol. The van der Waals surface area contributed by atoms with Crippen LogP contribution in [0.1, 0.15) is 79.9 Å². The van der Waals surface area contributed by atoms with Gasteiger partial charge in [-0.1, -0.05) is 0 Å². The van der Waals surface area contributed by atoms with E-state index in [1.807, 2.05) is 13.8 Å². The first kappa shape index (κ1) is 28.9. The first-order valence-electron chi connectivity index (χ1n) is 13.6. The molecular weight excluding hydrogens is 551 g/mol. The van der Waals surface area contributed by atoms with Crippen LogP contribution in [0, 0.1) is 17.8 Å². The van der Waals surface area contributed by atoms with Crippen molar-refractivity contribution in [1.29, 1.82) is 0 Å². The lowest BCUT2D eigenvalue weighted by Crippen LogP contribution is -2.47. The summed E-state index contributed by atoms with van der Waals surface area (Å²) < 4.78 is 70.5. The molecule has 3 aromatic heterocycles. The molecule has 0 radical (unpaired) electrons. The summed E-state index contributed by atoms with van der Waals surface area (Å²) in [7, 11) is 0. The van der Waals surface area contributed by atoms with E-state index < -0.39 is 48.3 Å². The van der Waals surface area contributed by atoms with Crippen molar-refractivity contribution < 1.29 is 31.5 Å². The van der Waals surface area contributed by atoms with Crippen molar-refractivity contribution in [3.8, 4) is 0 Å². The molecule has 2 amide bonds. The van der Waals surface area contributed by atoms with Crippen molar-refractivity contribution >= 4 is 17.6 Å². The average Bonchev–Trinajstić information content (AvgIpc) is 3.55. The second kappa shape index (κ2) is 11.0. The van der Waals surface area contributed by atoms with Crippen LogP contribution in [0.5, 0.6) is 0 Å². The topological polar surface area (TPSA) is 119 Å². The number of fused-ring (bicyclic) bond motifs is 1. The molecule has 41 heavy (non-hydrogen) atoms. The minimum Gasteiger partial charge on any atom is -0.355 e. The Morgan fingerprint density at radius 3 is 2.66 bits per heavy atom. The van der Waals surface area contributed by atoms with E-state index in [0.717, 1.165) is 0 Å². The molecular formula is C26H31F5N8O2. The summed E-state index contributed by atoms with van der Waals surface area (Å²) in [5, 5.41) is 13.9. The first-order chi connectivity index (χ1) is 19.3. The summed E-state index contributed by atoms with van der Waals surface area (Å²) in [6.07, 6.45) is -0.727. The second-order valence-electron chi connectivity index (χ2n) is 11.2. The third kappa shape index (κ3) is 6.32. The molecule has 2 N–H and O–H groups in total. The third-order valence-corrected chi connectivity index (χ3v) is 7.87. The smallest absolute Gasteiger partial charge is 0.355 e. The number of carbonyl (C=O) groups is 2. The highest BCUT2D eigenvalue weighted by Crippen LogP contribution is 2.41. The number of aromatic nitrogens is 6. The Hall–Kier alpha value is -3.65. The Bertz CT molecular complexity index is 1410. The van der Waals surface area contributed by atoms with E-state index in [9.17, 15) is 31.5 Å². The SMILES string of the molecule is CC(C)n1nccc1C(=O)N[C@H](c1cn2nc(C[C@H]3C[C@H](C(F)(F)F)CNC3=O)cnc2n1)C1CCC(F)(F)CC1. The van der Waals surface area contributed by atoms with Crippen LogP contribution in [0.15, 0.2) is 24.7 Å². The van der Waals surface area contributed by atoms with Crippen molar-refractivity contribution in [2.24, 2.45) is 17.8 Å². The molecule has 0 spiro atoms. The fourth-order valence-corrected chi connectivity index (χ4v) is 5.61. The summed E-state index contributed by atoms with van der Waals surface area (Å²) in [6.45, 7) is 3.30. The van der Waals surface area contributed by atoms with Crippen molar-refractivity contribution in [2.45, 2.75) is 76.6 Å². The highest BCUT2D eigenvalue weighted by molar-refractivity contribution is 5.92. The number of nitrogens with zero attached hydrogens (tertiary/aromatic N) is 6. The fourth-order valence-electron chi connectivity index (χ4n) is 5.61. The number of halogens is 5. The van der Waals surface area contributed by atoms with E-state index in [2.05, 4.69) is 30.8 Å². The molecule has 2 fully saturated rings. The number of imidazole rings is 1. The summed E-state index contributed by atoms with van der Waals surface area (Å²) in [4.78, 5) is 34.3. The molecule has 0 aromatic carbocycles. The van der Waals surface area contributed by atoms with Gasteiger partial charge in [0.1, 0.15) is 5.69 Å². The number of hydrogen-bond donors (Lipinski definition) is 2. The van der Waals surface area contributed by atoms with Crippen molar-refractivity contribution in [3.63, 3.8) is 0 Å².